The second-order valence-corrected chi connectivity index (χ2v) is 8.09. The zero-order valence-corrected chi connectivity index (χ0v) is 16.1. The molecule has 4 nitrogen and oxygen atoms in total. The van der Waals surface area contributed by atoms with Crippen molar-refractivity contribution in [2.75, 3.05) is 47.3 Å². The predicted octanol–water partition coefficient (Wildman–Crippen LogP) is 2.59. The highest BCUT2D eigenvalue weighted by Gasteiger charge is 2.44. The third kappa shape index (κ3) is 3.90. The second kappa shape index (κ2) is 7.88. The summed E-state index contributed by atoms with van der Waals surface area (Å²) in [4.78, 5) is 20.5. The van der Waals surface area contributed by atoms with E-state index in [0.717, 1.165) is 51.9 Å². The van der Waals surface area contributed by atoms with E-state index in [9.17, 15) is 4.79 Å². The molecule has 0 saturated carbocycles. The first kappa shape index (κ1) is 18.4. The van der Waals surface area contributed by atoms with Crippen molar-refractivity contribution >= 4 is 5.91 Å². The number of piperidine rings is 1. The van der Waals surface area contributed by atoms with Crippen molar-refractivity contribution in [2.24, 2.45) is 0 Å². The van der Waals surface area contributed by atoms with Crippen molar-refractivity contribution < 1.29 is 4.79 Å². The van der Waals surface area contributed by atoms with E-state index in [-0.39, 0.29) is 5.41 Å². The maximum atomic E-state index is 13.7. The minimum absolute atomic E-state index is 0.328. The standard InChI is InChI=1S/C21H33N3O/c1-22(2)19-10-7-14-24(15-11-19)20(25)21(12-16-23(3)17-13-21)18-8-5-4-6-9-18/h4-6,8-9,19H,7,10-17H2,1-3H3. The Morgan fingerprint density at radius 2 is 1.72 bits per heavy atom. The molecule has 2 saturated heterocycles. The van der Waals surface area contributed by atoms with Gasteiger partial charge in [-0.25, -0.2) is 0 Å². The fourth-order valence-electron chi connectivity index (χ4n) is 4.48. The van der Waals surface area contributed by atoms with Crippen LogP contribution in [0.25, 0.3) is 0 Å². The number of amides is 1. The summed E-state index contributed by atoms with van der Waals surface area (Å²) < 4.78 is 0. The van der Waals surface area contributed by atoms with E-state index >= 15 is 0 Å². The Kier molecular flexibility index (Phi) is 5.80. The molecule has 0 aromatic heterocycles. The van der Waals surface area contributed by atoms with Crippen molar-refractivity contribution in [3.8, 4) is 0 Å². The molecular weight excluding hydrogens is 310 g/mol. The summed E-state index contributed by atoms with van der Waals surface area (Å²) in [5.74, 6) is 0.367. The van der Waals surface area contributed by atoms with Crippen molar-refractivity contribution in [1.82, 2.24) is 14.7 Å². The lowest BCUT2D eigenvalue weighted by Crippen LogP contribution is -2.52. The van der Waals surface area contributed by atoms with Crippen LogP contribution in [0.4, 0.5) is 0 Å². The average Bonchev–Trinajstić information content (AvgIpc) is 2.89. The summed E-state index contributed by atoms with van der Waals surface area (Å²) in [6.07, 6.45) is 5.25. The minimum Gasteiger partial charge on any atom is -0.342 e. The normalized spacial score (nSPS) is 25.0. The van der Waals surface area contributed by atoms with Crippen LogP contribution in [0, 0.1) is 0 Å². The first-order valence-electron chi connectivity index (χ1n) is 9.73. The van der Waals surface area contributed by atoms with Gasteiger partial charge in [0.1, 0.15) is 0 Å². The summed E-state index contributed by atoms with van der Waals surface area (Å²) in [5, 5.41) is 0. The van der Waals surface area contributed by atoms with Crippen LogP contribution in [-0.2, 0) is 10.2 Å². The fraction of sp³-hybridized carbons (Fsp3) is 0.667. The van der Waals surface area contributed by atoms with Gasteiger partial charge in [-0.2, -0.15) is 0 Å². The summed E-state index contributed by atoms with van der Waals surface area (Å²) in [6, 6.07) is 11.1. The molecule has 2 aliphatic rings. The summed E-state index contributed by atoms with van der Waals surface area (Å²) in [7, 11) is 6.47. The number of benzene rings is 1. The molecule has 1 unspecified atom stereocenters. The maximum absolute atomic E-state index is 13.7. The van der Waals surface area contributed by atoms with Gasteiger partial charge in [-0.15, -0.1) is 0 Å². The van der Waals surface area contributed by atoms with E-state index < -0.39 is 0 Å². The largest absolute Gasteiger partial charge is 0.342 e. The topological polar surface area (TPSA) is 26.8 Å². The van der Waals surface area contributed by atoms with Crippen LogP contribution < -0.4 is 0 Å². The third-order valence-electron chi connectivity index (χ3n) is 6.29. The van der Waals surface area contributed by atoms with Gasteiger partial charge in [-0.3, -0.25) is 4.79 Å². The van der Waals surface area contributed by atoms with Crippen LogP contribution in [-0.4, -0.2) is 74.0 Å². The molecule has 1 atom stereocenters. The molecule has 2 aliphatic heterocycles. The number of likely N-dealkylation sites (tertiary alicyclic amines) is 2. The van der Waals surface area contributed by atoms with Crippen molar-refractivity contribution in [3.63, 3.8) is 0 Å². The molecule has 1 aromatic carbocycles. The minimum atomic E-state index is -0.328. The summed E-state index contributed by atoms with van der Waals surface area (Å²) >= 11 is 0. The van der Waals surface area contributed by atoms with Gasteiger partial charge < -0.3 is 14.7 Å². The molecule has 138 valence electrons. The zero-order chi connectivity index (χ0) is 17.9. The Bertz CT molecular complexity index is 564. The Morgan fingerprint density at radius 1 is 1.04 bits per heavy atom. The summed E-state index contributed by atoms with van der Waals surface area (Å²) in [6.45, 7) is 3.79. The monoisotopic (exact) mass is 343 g/mol. The SMILES string of the molecule is CN1CCC(C(=O)N2CCCC(N(C)C)CC2)(c2ccccc2)CC1. The Morgan fingerprint density at radius 3 is 2.36 bits per heavy atom. The van der Waals surface area contributed by atoms with E-state index in [1.54, 1.807) is 0 Å². The number of carbonyl (C=O) groups excluding carboxylic acids is 1. The number of nitrogens with zero attached hydrogens (tertiary/aromatic N) is 3. The van der Waals surface area contributed by atoms with Gasteiger partial charge in [0.15, 0.2) is 0 Å². The van der Waals surface area contributed by atoms with E-state index in [1.807, 2.05) is 6.07 Å². The maximum Gasteiger partial charge on any atom is 0.233 e. The molecule has 2 heterocycles. The highest BCUT2D eigenvalue weighted by atomic mass is 16.2. The lowest BCUT2D eigenvalue weighted by Gasteiger charge is -2.42. The number of rotatable bonds is 3. The van der Waals surface area contributed by atoms with Crippen molar-refractivity contribution in [1.29, 1.82) is 0 Å². The Labute approximate surface area is 152 Å². The molecule has 0 bridgehead atoms. The number of hydrogen-bond acceptors (Lipinski definition) is 3. The lowest BCUT2D eigenvalue weighted by atomic mass is 9.71. The number of carbonyl (C=O) groups is 1. The molecule has 1 amide bonds. The van der Waals surface area contributed by atoms with Gasteiger partial charge in [0.05, 0.1) is 5.41 Å². The second-order valence-electron chi connectivity index (χ2n) is 8.09. The first-order valence-corrected chi connectivity index (χ1v) is 9.73. The molecule has 0 aliphatic carbocycles. The zero-order valence-electron chi connectivity index (χ0n) is 16.1. The van der Waals surface area contributed by atoms with Gasteiger partial charge >= 0.3 is 0 Å². The molecule has 2 fully saturated rings. The van der Waals surface area contributed by atoms with Gasteiger partial charge in [-0.1, -0.05) is 30.3 Å². The molecule has 3 rings (SSSR count). The molecule has 0 N–H and O–H groups in total. The van der Waals surface area contributed by atoms with Crippen LogP contribution in [0.1, 0.15) is 37.7 Å². The van der Waals surface area contributed by atoms with E-state index in [0.29, 0.717) is 11.9 Å². The van der Waals surface area contributed by atoms with Crippen LogP contribution >= 0.6 is 0 Å². The van der Waals surface area contributed by atoms with E-state index in [1.165, 1.54) is 12.0 Å². The molecule has 0 radical (unpaired) electrons. The van der Waals surface area contributed by atoms with E-state index in [4.69, 9.17) is 0 Å². The molecule has 1 aromatic rings. The van der Waals surface area contributed by atoms with Crippen LogP contribution in [0.2, 0.25) is 0 Å². The van der Waals surface area contributed by atoms with Gasteiger partial charge in [-0.05, 0) is 71.9 Å². The van der Waals surface area contributed by atoms with Crippen LogP contribution in [0.5, 0.6) is 0 Å². The average molecular weight is 344 g/mol. The summed E-state index contributed by atoms with van der Waals surface area (Å²) in [5.41, 5.74) is 0.882. The predicted molar refractivity (Wildman–Crippen MR) is 103 cm³/mol. The Hall–Kier alpha value is -1.39. The highest BCUT2D eigenvalue weighted by molar-refractivity contribution is 5.88. The molecule has 25 heavy (non-hydrogen) atoms. The first-order chi connectivity index (χ1) is 12.0. The Balaban J connectivity index is 1.83. The van der Waals surface area contributed by atoms with Crippen molar-refractivity contribution in [2.45, 2.75) is 43.6 Å². The van der Waals surface area contributed by atoms with Gasteiger partial charge in [0.25, 0.3) is 0 Å². The quantitative estimate of drug-likeness (QED) is 0.844. The van der Waals surface area contributed by atoms with Gasteiger partial charge in [0.2, 0.25) is 5.91 Å². The molecule has 0 spiro atoms. The van der Waals surface area contributed by atoms with E-state index in [2.05, 4.69) is 60.1 Å². The highest BCUT2D eigenvalue weighted by Crippen LogP contribution is 2.37. The smallest absolute Gasteiger partial charge is 0.233 e. The molecular formula is C21H33N3O. The van der Waals surface area contributed by atoms with Crippen LogP contribution in [0.3, 0.4) is 0 Å². The molecule has 4 heteroatoms. The fourth-order valence-corrected chi connectivity index (χ4v) is 4.48. The number of hydrogen-bond donors (Lipinski definition) is 0. The van der Waals surface area contributed by atoms with Gasteiger partial charge in [0, 0.05) is 19.1 Å². The lowest BCUT2D eigenvalue weighted by molar-refractivity contribution is -0.139. The third-order valence-corrected chi connectivity index (χ3v) is 6.29. The van der Waals surface area contributed by atoms with Crippen molar-refractivity contribution in [3.05, 3.63) is 35.9 Å². The van der Waals surface area contributed by atoms with Crippen LogP contribution in [0.15, 0.2) is 30.3 Å².